The first-order valence-electron chi connectivity index (χ1n) is 10.7. The zero-order chi connectivity index (χ0) is 25.1. The first kappa shape index (κ1) is 24.2. The van der Waals surface area contributed by atoms with Gasteiger partial charge in [-0.2, -0.15) is 0 Å². The number of anilines is 1. The summed E-state index contributed by atoms with van der Waals surface area (Å²) in [6.45, 7) is 2.19. The maximum absolute atomic E-state index is 13.7. The number of phenols is 1. The van der Waals surface area contributed by atoms with E-state index in [2.05, 4.69) is 21.2 Å². The van der Waals surface area contributed by atoms with Gasteiger partial charge in [0.05, 0.1) is 12.3 Å². The van der Waals surface area contributed by atoms with E-state index in [1.54, 1.807) is 24.3 Å². The Balaban J connectivity index is 1.71. The molecule has 3 aromatic carbocycles. The lowest BCUT2D eigenvalue weighted by Gasteiger charge is -2.26. The SMILES string of the molecule is CCOc1cc(/C=C2\C(=O)NC(=O)N(c3ccc(O)cc3)C2=O)cc(Br)c1Cc1cccc(F)c1. The zero-order valence-electron chi connectivity index (χ0n) is 18.5. The third-order valence-corrected chi connectivity index (χ3v) is 5.97. The molecule has 3 aromatic rings. The van der Waals surface area contributed by atoms with Gasteiger partial charge in [-0.25, -0.2) is 14.1 Å². The van der Waals surface area contributed by atoms with Crippen molar-refractivity contribution in [3.63, 3.8) is 0 Å². The van der Waals surface area contributed by atoms with E-state index in [1.807, 2.05) is 6.92 Å². The Morgan fingerprint density at radius 1 is 1.09 bits per heavy atom. The number of nitrogens with one attached hydrogen (secondary N) is 1. The minimum absolute atomic E-state index is 0.0305. The molecule has 1 aliphatic heterocycles. The second-order valence-corrected chi connectivity index (χ2v) is 8.55. The fourth-order valence-corrected chi connectivity index (χ4v) is 4.28. The molecule has 1 heterocycles. The number of urea groups is 1. The number of carbonyl (C=O) groups is 3. The maximum atomic E-state index is 13.7. The van der Waals surface area contributed by atoms with Crippen molar-refractivity contribution in [1.29, 1.82) is 0 Å². The number of carbonyl (C=O) groups excluding carboxylic acids is 3. The summed E-state index contributed by atoms with van der Waals surface area (Å²) in [5, 5.41) is 11.7. The zero-order valence-corrected chi connectivity index (χ0v) is 20.1. The third kappa shape index (κ3) is 5.25. The van der Waals surface area contributed by atoms with Crippen LogP contribution in [0, 0.1) is 5.82 Å². The number of ether oxygens (including phenoxy) is 1. The molecule has 4 amide bonds. The van der Waals surface area contributed by atoms with Gasteiger partial charge in [-0.15, -0.1) is 0 Å². The van der Waals surface area contributed by atoms with Gasteiger partial charge in [0.15, 0.2) is 0 Å². The van der Waals surface area contributed by atoms with Gasteiger partial charge in [0.2, 0.25) is 0 Å². The first-order chi connectivity index (χ1) is 16.8. The van der Waals surface area contributed by atoms with Crippen LogP contribution in [0.4, 0.5) is 14.9 Å². The van der Waals surface area contributed by atoms with E-state index in [0.717, 1.165) is 16.0 Å². The standard InChI is InChI=1S/C26H20BrFN2O5/c1-2-35-23-14-16(13-22(27)20(23)11-15-4-3-5-17(28)10-15)12-21-24(32)29-26(34)30(25(21)33)18-6-8-19(31)9-7-18/h3-10,12-14,31H,2,11H2,1H3,(H,29,32,34)/b21-12+. The van der Waals surface area contributed by atoms with Crippen LogP contribution in [0.3, 0.4) is 0 Å². The molecule has 35 heavy (non-hydrogen) atoms. The summed E-state index contributed by atoms with van der Waals surface area (Å²) in [5.74, 6) is -1.49. The van der Waals surface area contributed by atoms with E-state index in [9.17, 15) is 23.9 Å². The second-order valence-electron chi connectivity index (χ2n) is 7.69. The molecule has 0 unspecified atom stereocenters. The van der Waals surface area contributed by atoms with Gasteiger partial charge in [0, 0.05) is 16.5 Å². The van der Waals surface area contributed by atoms with Crippen LogP contribution in [0.1, 0.15) is 23.6 Å². The van der Waals surface area contributed by atoms with Gasteiger partial charge < -0.3 is 9.84 Å². The van der Waals surface area contributed by atoms with E-state index < -0.39 is 17.8 Å². The average molecular weight is 539 g/mol. The summed E-state index contributed by atoms with van der Waals surface area (Å²) in [7, 11) is 0. The molecule has 178 valence electrons. The lowest BCUT2D eigenvalue weighted by molar-refractivity contribution is -0.122. The van der Waals surface area contributed by atoms with E-state index in [4.69, 9.17) is 4.74 Å². The fourth-order valence-electron chi connectivity index (χ4n) is 3.68. The summed E-state index contributed by atoms with van der Waals surface area (Å²) >= 11 is 3.53. The van der Waals surface area contributed by atoms with Crippen molar-refractivity contribution in [2.45, 2.75) is 13.3 Å². The van der Waals surface area contributed by atoms with E-state index >= 15 is 0 Å². The average Bonchev–Trinajstić information content (AvgIpc) is 2.80. The number of aromatic hydroxyl groups is 1. The van der Waals surface area contributed by atoms with Crippen LogP contribution in [-0.2, 0) is 16.0 Å². The largest absolute Gasteiger partial charge is 0.508 e. The van der Waals surface area contributed by atoms with Gasteiger partial charge >= 0.3 is 6.03 Å². The Hall–Kier alpha value is -3.98. The van der Waals surface area contributed by atoms with Gasteiger partial charge in [-0.3, -0.25) is 14.9 Å². The lowest BCUT2D eigenvalue weighted by Crippen LogP contribution is -2.54. The molecule has 4 rings (SSSR count). The van der Waals surface area contributed by atoms with Gasteiger partial charge in [-0.1, -0.05) is 28.1 Å². The number of nitrogens with zero attached hydrogens (tertiary/aromatic N) is 1. The van der Waals surface area contributed by atoms with Crippen molar-refractivity contribution in [2.24, 2.45) is 0 Å². The number of halogens is 2. The van der Waals surface area contributed by atoms with Crippen LogP contribution in [-0.4, -0.2) is 29.6 Å². The molecule has 0 saturated carbocycles. The third-order valence-electron chi connectivity index (χ3n) is 5.27. The number of amides is 4. The summed E-state index contributed by atoms with van der Waals surface area (Å²) < 4.78 is 20.1. The van der Waals surface area contributed by atoms with Crippen LogP contribution < -0.4 is 15.0 Å². The molecule has 2 N–H and O–H groups in total. The second kappa shape index (κ2) is 10.1. The molecule has 0 bridgehead atoms. The number of barbiturate groups is 1. The number of phenolic OH excluding ortho intramolecular Hbond substituents is 1. The van der Waals surface area contributed by atoms with Crippen molar-refractivity contribution in [3.8, 4) is 11.5 Å². The van der Waals surface area contributed by atoms with Crippen molar-refractivity contribution < 1.29 is 28.6 Å². The molecule has 0 radical (unpaired) electrons. The topological polar surface area (TPSA) is 95.9 Å². The van der Waals surface area contributed by atoms with Crippen molar-refractivity contribution in [1.82, 2.24) is 5.32 Å². The van der Waals surface area contributed by atoms with Crippen molar-refractivity contribution in [2.75, 3.05) is 11.5 Å². The van der Waals surface area contributed by atoms with E-state index in [-0.39, 0.29) is 22.8 Å². The van der Waals surface area contributed by atoms with Crippen LogP contribution in [0.15, 0.2) is 70.7 Å². The highest BCUT2D eigenvalue weighted by Gasteiger charge is 2.36. The summed E-state index contributed by atoms with van der Waals surface area (Å²) in [6.07, 6.45) is 1.77. The monoisotopic (exact) mass is 538 g/mol. The molecule has 0 aromatic heterocycles. The summed E-state index contributed by atoms with van der Waals surface area (Å²) in [6, 6.07) is 14.2. The lowest BCUT2D eigenvalue weighted by atomic mass is 10.0. The minimum atomic E-state index is -0.885. The van der Waals surface area contributed by atoms with Crippen LogP contribution in [0.25, 0.3) is 6.08 Å². The van der Waals surface area contributed by atoms with Crippen molar-refractivity contribution in [3.05, 3.63) is 93.2 Å². The fraction of sp³-hybridized carbons (Fsp3) is 0.115. The maximum Gasteiger partial charge on any atom is 0.335 e. The smallest absolute Gasteiger partial charge is 0.335 e. The highest BCUT2D eigenvalue weighted by atomic mass is 79.9. The van der Waals surface area contributed by atoms with Crippen LogP contribution in [0.2, 0.25) is 0 Å². The van der Waals surface area contributed by atoms with Crippen LogP contribution >= 0.6 is 15.9 Å². The van der Waals surface area contributed by atoms with Crippen molar-refractivity contribution >= 4 is 45.5 Å². The molecular formula is C26H20BrFN2O5. The number of hydrogen-bond donors (Lipinski definition) is 2. The van der Waals surface area contributed by atoms with E-state index in [0.29, 0.717) is 28.8 Å². The summed E-state index contributed by atoms with van der Waals surface area (Å²) in [5.41, 5.74) is 1.97. The number of rotatable bonds is 6. The van der Waals surface area contributed by atoms with Gasteiger partial charge in [0.25, 0.3) is 11.8 Å². The quantitative estimate of drug-likeness (QED) is 0.342. The predicted molar refractivity (Wildman–Crippen MR) is 132 cm³/mol. The van der Waals surface area contributed by atoms with Gasteiger partial charge in [-0.05, 0) is 72.7 Å². The Kier molecular flexibility index (Phi) is 6.97. The molecule has 0 spiro atoms. The molecule has 0 atom stereocenters. The highest BCUT2D eigenvalue weighted by molar-refractivity contribution is 9.10. The van der Waals surface area contributed by atoms with E-state index in [1.165, 1.54) is 42.5 Å². The highest BCUT2D eigenvalue weighted by Crippen LogP contribution is 2.33. The Morgan fingerprint density at radius 2 is 1.83 bits per heavy atom. The predicted octanol–water partition coefficient (Wildman–Crippen LogP) is 4.95. The van der Waals surface area contributed by atoms with Crippen LogP contribution in [0.5, 0.6) is 11.5 Å². The normalized spacial score (nSPS) is 14.9. The molecule has 7 nitrogen and oxygen atoms in total. The Morgan fingerprint density at radius 3 is 2.51 bits per heavy atom. The molecular weight excluding hydrogens is 519 g/mol. The molecule has 9 heteroatoms. The molecule has 1 fully saturated rings. The summed E-state index contributed by atoms with van der Waals surface area (Å²) in [4.78, 5) is 38.8. The number of hydrogen-bond acceptors (Lipinski definition) is 5. The molecule has 1 saturated heterocycles. The Bertz CT molecular complexity index is 1350. The Labute approximate surface area is 209 Å². The minimum Gasteiger partial charge on any atom is -0.508 e. The number of imide groups is 2. The molecule has 1 aliphatic rings. The number of benzene rings is 3. The molecule has 0 aliphatic carbocycles. The first-order valence-corrected chi connectivity index (χ1v) is 11.5. The van der Waals surface area contributed by atoms with Gasteiger partial charge in [0.1, 0.15) is 22.9 Å².